The lowest BCUT2D eigenvalue weighted by molar-refractivity contribution is -0.689. The Morgan fingerprint density at radius 1 is 0.878 bits per heavy atom. The number of aryl methyl sites for hydroxylation is 1. The van der Waals surface area contributed by atoms with Gasteiger partial charge in [-0.1, -0.05) is 134 Å². The van der Waals surface area contributed by atoms with Crippen LogP contribution in [-0.2, 0) is 12.0 Å². The summed E-state index contributed by atoms with van der Waals surface area (Å²) in [6.07, 6.45) is 15.8. The number of aromatic nitrogens is 1. The number of carbonyl (C=O) groups excluding carboxylic acids is 1. The molecule has 0 radical (unpaired) electrons. The standard InChI is InChI=1S/C36H52N2O2S/c1-6-7-8-9-10-11-12-13-14-15-16-17-24-40-34-32(22-19-23-33(34)36(3,4)5)35(39)37-31-21-18-20-30(25-31)26-38-28-41-27-29(38)2/h18-23,25,27-28H,6-17,24,26H2,1-5H3/p+1. The SMILES string of the molecule is CCCCCCCCCCCCCCOc1c(C(=O)Nc2cccc(C[n+]3cscc3C)c2)cccc1C(C)(C)C. The Bertz CT molecular complexity index is 1190. The molecule has 0 saturated carbocycles. The van der Waals surface area contributed by atoms with Gasteiger partial charge in [-0.15, -0.1) is 0 Å². The molecule has 0 aliphatic heterocycles. The van der Waals surface area contributed by atoms with Crippen molar-refractivity contribution in [2.45, 2.75) is 124 Å². The number of benzene rings is 2. The molecular weight excluding hydrogens is 524 g/mol. The molecule has 0 unspecified atom stereocenters. The molecule has 5 heteroatoms. The minimum Gasteiger partial charge on any atom is -0.492 e. The highest BCUT2D eigenvalue weighted by Gasteiger charge is 2.24. The van der Waals surface area contributed by atoms with E-state index in [1.807, 2.05) is 24.3 Å². The minimum atomic E-state index is -0.127. The smallest absolute Gasteiger partial charge is 0.259 e. The van der Waals surface area contributed by atoms with Crippen LogP contribution < -0.4 is 14.6 Å². The molecule has 0 bridgehead atoms. The van der Waals surface area contributed by atoms with Crippen LogP contribution in [0.4, 0.5) is 5.69 Å². The Morgan fingerprint density at radius 3 is 2.12 bits per heavy atom. The topological polar surface area (TPSA) is 42.2 Å². The van der Waals surface area contributed by atoms with Crippen molar-refractivity contribution in [1.82, 2.24) is 0 Å². The Balaban J connectivity index is 1.53. The number of hydrogen-bond donors (Lipinski definition) is 1. The van der Waals surface area contributed by atoms with Crippen LogP contribution in [0.5, 0.6) is 5.75 Å². The number of anilines is 1. The highest BCUT2D eigenvalue weighted by atomic mass is 32.1. The summed E-state index contributed by atoms with van der Waals surface area (Å²) in [4.78, 5) is 13.5. The van der Waals surface area contributed by atoms with Gasteiger partial charge in [0, 0.05) is 23.7 Å². The molecule has 4 nitrogen and oxygen atoms in total. The van der Waals surface area contributed by atoms with Crippen LogP contribution in [0.2, 0.25) is 0 Å². The summed E-state index contributed by atoms with van der Waals surface area (Å²) < 4.78 is 8.61. The molecule has 2 aromatic carbocycles. The monoisotopic (exact) mass is 577 g/mol. The van der Waals surface area contributed by atoms with E-state index in [9.17, 15) is 4.79 Å². The summed E-state index contributed by atoms with van der Waals surface area (Å²) in [6.45, 7) is 12.3. The van der Waals surface area contributed by atoms with E-state index >= 15 is 0 Å². The lowest BCUT2D eigenvalue weighted by atomic mass is 9.85. The lowest BCUT2D eigenvalue weighted by Crippen LogP contribution is -2.34. The van der Waals surface area contributed by atoms with Crippen molar-refractivity contribution in [3.05, 3.63) is 75.7 Å². The highest BCUT2D eigenvalue weighted by Crippen LogP contribution is 2.35. The van der Waals surface area contributed by atoms with E-state index in [0.717, 1.165) is 35.5 Å². The first-order valence-electron chi connectivity index (χ1n) is 15.9. The van der Waals surface area contributed by atoms with Gasteiger partial charge in [-0.3, -0.25) is 4.79 Å². The molecule has 224 valence electrons. The number of nitrogens with one attached hydrogen (secondary N) is 1. The van der Waals surface area contributed by atoms with Crippen LogP contribution in [0.1, 0.15) is 132 Å². The predicted molar refractivity (Wildman–Crippen MR) is 174 cm³/mol. The highest BCUT2D eigenvalue weighted by molar-refractivity contribution is 7.07. The zero-order valence-corrected chi connectivity index (χ0v) is 27.1. The van der Waals surface area contributed by atoms with Crippen molar-refractivity contribution in [2.75, 3.05) is 11.9 Å². The van der Waals surface area contributed by atoms with E-state index in [0.29, 0.717) is 12.2 Å². The van der Waals surface area contributed by atoms with Gasteiger partial charge in [0.15, 0.2) is 12.2 Å². The first-order valence-corrected chi connectivity index (χ1v) is 16.8. The minimum absolute atomic E-state index is 0.127. The molecule has 1 heterocycles. The summed E-state index contributed by atoms with van der Waals surface area (Å²) in [7, 11) is 0. The molecule has 0 spiro atoms. The van der Waals surface area contributed by atoms with Gasteiger partial charge in [-0.25, -0.2) is 0 Å². The van der Waals surface area contributed by atoms with Crippen LogP contribution in [0.3, 0.4) is 0 Å². The number of amides is 1. The number of para-hydroxylation sites is 1. The quantitative estimate of drug-likeness (QED) is 0.121. The summed E-state index contributed by atoms with van der Waals surface area (Å²) in [5.74, 6) is 0.596. The van der Waals surface area contributed by atoms with Crippen LogP contribution >= 0.6 is 11.3 Å². The van der Waals surface area contributed by atoms with Crippen molar-refractivity contribution in [3.63, 3.8) is 0 Å². The molecule has 0 atom stereocenters. The summed E-state index contributed by atoms with van der Waals surface area (Å²) in [5.41, 5.74) is 6.86. The molecule has 1 aromatic heterocycles. The maximum absolute atomic E-state index is 13.5. The molecule has 1 N–H and O–H groups in total. The molecule has 0 fully saturated rings. The second kappa shape index (κ2) is 17.3. The molecule has 3 rings (SSSR count). The predicted octanol–water partition coefficient (Wildman–Crippen LogP) is 10.0. The van der Waals surface area contributed by atoms with Gasteiger partial charge in [0.25, 0.3) is 5.91 Å². The largest absolute Gasteiger partial charge is 0.492 e. The van der Waals surface area contributed by atoms with E-state index in [1.54, 1.807) is 11.3 Å². The van der Waals surface area contributed by atoms with Crippen molar-refractivity contribution in [3.8, 4) is 5.75 Å². The Labute approximate surface area is 253 Å². The summed E-state index contributed by atoms with van der Waals surface area (Å²) in [5, 5.41) is 5.28. The third-order valence-corrected chi connectivity index (χ3v) is 8.58. The molecule has 0 aliphatic rings. The van der Waals surface area contributed by atoms with E-state index in [1.165, 1.54) is 76.3 Å². The average molecular weight is 578 g/mol. The zero-order valence-electron chi connectivity index (χ0n) is 26.3. The van der Waals surface area contributed by atoms with Crippen molar-refractivity contribution >= 4 is 22.9 Å². The van der Waals surface area contributed by atoms with Crippen molar-refractivity contribution in [1.29, 1.82) is 0 Å². The number of nitrogens with zero attached hydrogens (tertiary/aromatic N) is 1. The molecule has 0 saturated heterocycles. The van der Waals surface area contributed by atoms with E-state index < -0.39 is 0 Å². The van der Waals surface area contributed by atoms with Gasteiger partial charge in [0.1, 0.15) is 5.75 Å². The van der Waals surface area contributed by atoms with E-state index in [4.69, 9.17) is 4.74 Å². The Hall–Kier alpha value is -2.66. The van der Waals surface area contributed by atoms with Gasteiger partial charge in [0.2, 0.25) is 5.51 Å². The second-order valence-electron chi connectivity index (χ2n) is 12.5. The van der Waals surface area contributed by atoms with Crippen LogP contribution in [0.15, 0.2) is 53.4 Å². The van der Waals surface area contributed by atoms with Gasteiger partial charge in [-0.2, -0.15) is 4.57 Å². The molecule has 3 aromatic rings. The third kappa shape index (κ3) is 11.3. The molecule has 0 aliphatic carbocycles. The fraction of sp³-hybridized carbons (Fsp3) is 0.556. The first kappa shape index (κ1) is 32.8. The fourth-order valence-electron chi connectivity index (χ4n) is 5.24. The summed E-state index contributed by atoms with van der Waals surface area (Å²) >= 11 is 1.70. The number of hydrogen-bond acceptors (Lipinski definition) is 3. The van der Waals surface area contributed by atoms with Gasteiger partial charge in [-0.05, 0) is 30.0 Å². The molecule has 41 heavy (non-hydrogen) atoms. The lowest BCUT2D eigenvalue weighted by Gasteiger charge is -2.24. The first-order chi connectivity index (χ1) is 19.8. The van der Waals surface area contributed by atoms with Crippen LogP contribution in [-0.4, -0.2) is 12.5 Å². The summed E-state index contributed by atoms with van der Waals surface area (Å²) in [6, 6.07) is 14.1. The number of rotatable bonds is 18. The normalized spacial score (nSPS) is 11.5. The fourth-order valence-corrected chi connectivity index (χ4v) is 6.02. The molecule has 1 amide bonds. The van der Waals surface area contributed by atoms with Crippen LogP contribution in [0.25, 0.3) is 0 Å². The Kier molecular flexibility index (Phi) is 13.9. The average Bonchev–Trinajstić information content (AvgIpc) is 3.34. The maximum atomic E-state index is 13.5. The molecular formula is C36H53N2O2S+. The third-order valence-electron chi connectivity index (χ3n) is 7.73. The Morgan fingerprint density at radius 2 is 1.51 bits per heavy atom. The van der Waals surface area contributed by atoms with Gasteiger partial charge in [0.05, 0.1) is 17.6 Å². The number of thiazole rings is 1. The van der Waals surface area contributed by atoms with Crippen LogP contribution in [0, 0.1) is 6.92 Å². The zero-order chi connectivity index (χ0) is 29.5. The van der Waals surface area contributed by atoms with E-state index in [-0.39, 0.29) is 11.3 Å². The van der Waals surface area contributed by atoms with Crippen molar-refractivity contribution < 1.29 is 14.1 Å². The van der Waals surface area contributed by atoms with Gasteiger partial charge >= 0.3 is 0 Å². The van der Waals surface area contributed by atoms with E-state index in [2.05, 4.69) is 73.6 Å². The van der Waals surface area contributed by atoms with Gasteiger partial charge < -0.3 is 10.1 Å². The second-order valence-corrected chi connectivity index (χ2v) is 13.2. The van der Waals surface area contributed by atoms with Crippen molar-refractivity contribution in [2.24, 2.45) is 0 Å². The number of unbranched alkanes of at least 4 members (excludes halogenated alkanes) is 11. The maximum Gasteiger partial charge on any atom is 0.259 e. The number of carbonyl (C=O) groups is 1. The number of ether oxygens (including phenoxy) is 1.